The minimum Gasteiger partial charge on any atom is -0.644 e. The SMILES string of the molecule is CC1C(C)[C@](O)(CO)C=CC12CC(=O)[N-]2.[W].[Y]. The van der Waals surface area contributed by atoms with Crippen molar-refractivity contribution in [1.82, 2.24) is 0 Å². The Balaban J connectivity index is 0.00000128. The number of hydrogen-bond donors (Lipinski definition) is 2. The van der Waals surface area contributed by atoms with E-state index in [1.165, 1.54) is 0 Å². The van der Waals surface area contributed by atoms with Gasteiger partial charge in [0.15, 0.2) is 0 Å². The molecule has 4 nitrogen and oxygen atoms in total. The van der Waals surface area contributed by atoms with E-state index in [4.69, 9.17) is 5.11 Å². The molecule has 0 bridgehead atoms. The van der Waals surface area contributed by atoms with Gasteiger partial charge in [-0.05, 0) is 18.3 Å². The first-order chi connectivity index (χ1) is 6.93. The summed E-state index contributed by atoms with van der Waals surface area (Å²) in [4.78, 5) is 10.9. The summed E-state index contributed by atoms with van der Waals surface area (Å²) in [7, 11) is 0. The van der Waals surface area contributed by atoms with E-state index in [0.717, 1.165) is 0 Å². The summed E-state index contributed by atoms with van der Waals surface area (Å²) in [6.45, 7) is 3.55. The van der Waals surface area contributed by atoms with Crippen LogP contribution in [-0.4, -0.2) is 33.9 Å². The van der Waals surface area contributed by atoms with Crippen LogP contribution in [0.25, 0.3) is 5.32 Å². The van der Waals surface area contributed by atoms with Gasteiger partial charge in [-0.25, -0.2) is 0 Å². The zero-order chi connectivity index (χ0) is 11.3. The van der Waals surface area contributed by atoms with Crippen LogP contribution in [0.5, 0.6) is 0 Å². The van der Waals surface area contributed by atoms with E-state index in [9.17, 15) is 9.90 Å². The monoisotopic (exact) mass is 483 g/mol. The number of amides is 1. The van der Waals surface area contributed by atoms with Gasteiger partial charge in [-0.15, -0.1) is 0 Å². The molecule has 1 radical (unpaired) electrons. The van der Waals surface area contributed by atoms with Crippen LogP contribution in [0.15, 0.2) is 12.2 Å². The van der Waals surface area contributed by atoms with E-state index in [1.807, 2.05) is 13.8 Å². The maximum Gasteiger partial charge on any atom is 0.108 e. The van der Waals surface area contributed by atoms with Crippen LogP contribution in [0, 0.1) is 11.8 Å². The molecule has 1 aliphatic heterocycles. The Morgan fingerprint density at radius 3 is 2.35 bits per heavy atom. The van der Waals surface area contributed by atoms with Crippen molar-refractivity contribution in [3.05, 3.63) is 17.5 Å². The molecule has 6 heteroatoms. The van der Waals surface area contributed by atoms with Gasteiger partial charge in [-0.1, -0.05) is 31.5 Å². The van der Waals surface area contributed by atoms with Crippen molar-refractivity contribution in [3.8, 4) is 0 Å². The number of β-lactam (4-membered cyclic amide) rings is 1. The quantitative estimate of drug-likeness (QED) is 0.424. The second-order valence-electron chi connectivity index (χ2n) is 4.73. The van der Waals surface area contributed by atoms with Gasteiger partial charge in [-0.2, -0.15) is 0 Å². The van der Waals surface area contributed by atoms with Crippen molar-refractivity contribution in [2.45, 2.75) is 31.4 Å². The average Bonchev–Trinajstić information content (AvgIpc) is 2.18. The Bertz CT molecular complexity index is 329. The molecule has 1 spiro atoms. The van der Waals surface area contributed by atoms with Crippen molar-refractivity contribution in [1.29, 1.82) is 0 Å². The summed E-state index contributed by atoms with van der Waals surface area (Å²) in [5.74, 6) is -0.116. The predicted molar refractivity (Wildman–Crippen MR) is 55.2 cm³/mol. The number of nitrogens with zero attached hydrogens (tertiary/aromatic N) is 1. The van der Waals surface area contributed by atoms with Crippen molar-refractivity contribution < 1.29 is 68.8 Å². The Kier molecular flexibility index (Phi) is 6.24. The smallest absolute Gasteiger partial charge is 0.108 e. The molecule has 1 heterocycles. The van der Waals surface area contributed by atoms with E-state index in [-0.39, 0.29) is 78.1 Å². The van der Waals surface area contributed by atoms with Crippen molar-refractivity contribution in [2.24, 2.45) is 11.8 Å². The minimum absolute atomic E-state index is 0. The van der Waals surface area contributed by atoms with E-state index < -0.39 is 11.1 Å². The maximum absolute atomic E-state index is 10.9. The van der Waals surface area contributed by atoms with Gasteiger partial charge >= 0.3 is 0 Å². The van der Waals surface area contributed by atoms with E-state index >= 15 is 0 Å². The van der Waals surface area contributed by atoms with Crippen molar-refractivity contribution >= 4 is 5.91 Å². The molecule has 0 saturated carbocycles. The largest absolute Gasteiger partial charge is 0.644 e. The fourth-order valence-electron chi connectivity index (χ4n) is 2.48. The molecular weight excluding hydrogens is 467 g/mol. The first-order valence-corrected chi connectivity index (χ1v) is 5.23. The van der Waals surface area contributed by atoms with Gasteiger partial charge in [0, 0.05) is 53.8 Å². The molecule has 0 aromatic rings. The molecule has 1 aliphatic carbocycles. The van der Waals surface area contributed by atoms with Crippen LogP contribution < -0.4 is 0 Å². The predicted octanol–water partition coefficient (Wildman–Crippen LogP) is 0.590. The summed E-state index contributed by atoms with van der Waals surface area (Å²) in [5, 5.41) is 23.3. The number of hydrogen-bond acceptors (Lipinski definition) is 3. The molecule has 2 N–H and O–H groups in total. The summed E-state index contributed by atoms with van der Waals surface area (Å²) < 4.78 is 0. The van der Waals surface area contributed by atoms with Gasteiger partial charge in [-0.3, -0.25) is 0 Å². The molecule has 1 saturated heterocycles. The number of carbonyl (C=O) groups is 1. The molecule has 17 heavy (non-hydrogen) atoms. The number of rotatable bonds is 1. The molecule has 2 aliphatic rings. The number of aliphatic hydroxyl groups excluding tert-OH is 1. The van der Waals surface area contributed by atoms with Crippen molar-refractivity contribution in [2.75, 3.05) is 6.61 Å². The number of carbonyl (C=O) groups excluding carboxylic acids is 1. The molecule has 4 atom stereocenters. The third kappa shape index (κ3) is 2.76. The summed E-state index contributed by atoms with van der Waals surface area (Å²) in [6, 6.07) is 0. The molecule has 3 unspecified atom stereocenters. The first-order valence-electron chi connectivity index (χ1n) is 5.23. The molecule has 1 amide bonds. The van der Waals surface area contributed by atoms with Gasteiger partial charge in [0.1, 0.15) is 5.60 Å². The van der Waals surface area contributed by atoms with E-state index in [2.05, 4.69) is 5.32 Å². The summed E-state index contributed by atoms with van der Waals surface area (Å²) in [5.41, 5.74) is -1.59. The standard InChI is InChI=1S/C11H17NO3.W.Y/c1-7-8(2)11(15,6-13)4-3-10(7)5-9(14)12-10;;/h3-4,7-8,13,15H,5-6H2,1-2H3,(H,12,14);;/p-1/t7?,8?,10?,11-;;/m1../s1. The van der Waals surface area contributed by atoms with Crippen LogP contribution in [0.1, 0.15) is 20.3 Å². The molecular formula is C11H16NO3WY-. The van der Waals surface area contributed by atoms with Crippen LogP contribution in [0.2, 0.25) is 0 Å². The Morgan fingerprint density at radius 1 is 1.41 bits per heavy atom. The summed E-state index contributed by atoms with van der Waals surface area (Å²) >= 11 is 0. The fourth-order valence-corrected chi connectivity index (χ4v) is 2.48. The van der Waals surface area contributed by atoms with Gasteiger partial charge < -0.3 is 20.3 Å². The molecule has 0 aromatic heterocycles. The van der Waals surface area contributed by atoms with Gasteiger partial charge in [0.25, 0.3) is 0 Å². The van der Waals surface area contributed by atoms with Gasteiger partial charge in [0.05, 0.1) is 12.5 Å². The third-order valence-electron chi connectivity index (χ3n) is 4.01. The normalized spacial score (nSPS) is 43.2. The fraction of sp³-hybridized carbons (Fsp3) is 0.727. The third-order valence-corrected chi connectivity index (χ3v) is 4.01. The van der Waals surface area contributed by atoms with Crippen LogP contribution in [-0.2, 0) is 58.6 Å². The Morgan fingerprint density at radius 2 is 1.94 bits per heavy atom. The number of aliphatic hydroxyl groups is 2. The second-order valence-corrected chi connectivity index (χ2v) is 4.73. The van der Waals surface area contributed by atoms with Gasteiger partial charge in [0.2, 0.25) is 0 Å². The van der Waals surface area contributed by atoms with E-state index in [0.29, 0.717) is 6.42 Å². The molecule has 2 rings (SSSR count). The van der Waals surface area contributed by atoms with E-state index in [1.54, 1.807) is 12.2 Å². The first kappa shape index (κ1) is 17.9. The molecule has 93 valence electrons. The molecule has 0 aromatic carbocycles. The Labute approximate surface area is 141 Å². The summed E-state index contributed by atoms with van der Waals surface area (Å²) in [6.07, 6.45) is 3.79. The topological polar surface area (TPSA) is 71.6 Å². The van der Waals surface area contributed by atoms with Crippen LogP contribution in [0.3, 0.4) is 0 Å². The zero-order valence-electron chi connectivity index (χ0n) is 9.96. The van der Waals surface area contributed by atoms with Crippen molar-refractivity contribution in [3.63, 3.8) is 0 Å². The minimum atomic E-state index is -1.17. The Hall–Kier alpha value is 0.922. The van der Waals surface area contributed by atoms with Crippen LogP contribution in [0.4, 0.5) is 0 Å². The molecule has 1 fully saturated rings. The maximum atomic E-state index is 10.9. The zero-order valence-corrected chi connectivity index (χ0v) is 15.7. The average molecular weight is 483 g/mol. The van der Waals surface area contributed by atoms with Crippen LogP contribution >= 0.6 is 0 Å². The second kappa shape index (κ2) is 5.92.